The molecule has 0 saturated carbocycles. The molecule has 1 saturated heterocycles. The fraction of sp³-hybridized carbons (Fsp3) is 0.385. The van der Waals surface area contributed by atoms with Crippen LogP contribution in [0.25, 0.3) is 5.76 Å². The summed E-state index contributed by atoms with van der Waals surface area (Å²) in [6.07, 6.45) is 0.657. The van der Waals surface area contributed by atoms with E-state index >= 15 is 0 Å². The molecule has 182 valence electrons. The van der Waals surface area contributed by atoms with Crippen molar-refractivity contribution in [1.29, 1.82) is 0 Å². The van der Waals surface area contributed by atoms with Gasteiger partial charge in [0.15, 0.2) is 0 Å². The molecule has 3 rings (SSSR count). The Morgan fingerprint density at radius 2 is 1.68 bits per heavy atom. The smallest absolute Gasteiger partial charge is 0.295 e. The quantitative estimate of drug-likeness (QED) is 0.343. The summed E-state index contributed by atoms with van der Waals surface area (Å²) in [5.41, 5.74) is 1.81. The number of Topliss-reactive ketones (excluding diaryl/α,β-unsaturated/α-hetero) is 1. The lowest BCUT2D eigenvalue weighted by atomic mass is 9.94. The van der Waals surface area contributed by atoms with Crippen LogP contribution in [0, 0.1) is 6.92 Å². The van der Waals surface area contributed by atoms with Crippen LogP contribution in [0.1, 0.15) is 29.2 Å². The molecule has 34 heavy (non-hydrogen) atoms. The summed E-state index contributed by atoms with van der Waals surface area (Å²) in [7, 11) is 8.53. The summed E-state index contributed by atoms with van der Waals surface area (Å²) in [6.45, 7) is 2.92. The number of hydrogen-bond acceptors (Lipinski definition) is 7. The van der Waals surface area contributed by atoms with Crippen molar-refractivity contribution in [1.82, 2.24) is 9.80 Å². The highest BCUT2D eigenvalue weighted by Gasteiger charge is 2.47. The zero-order chi connectivity index (χ0) is 25.0. The van der Waals surface area contributed by atoms with E-state index in [1.54, 1.807) is 50.6 Å². The summed E-state index contributed by atoms with van der Waals surface area (Å²) >= 11 is 0. The second-order valence-corrected chi connectivity index (χ2v) is 8.44. The van der Waals surface area contributed by atoms with Gasteiger partial charge in [0, 0.05) is 17.7 Å². The minimum atomic E-state index is -0.824. The third-order valence-electron chi connectivity index (χ3n) is 5.94. The van der Waals surface area contributed by atoms with E-state index in [1.165, 1.54) is 12.0 Å². The predicted octanol–water partition coefficient (Wildman–Crippen LogP) is 3.39. The van der Waals surface area contributed by atoms with Crippen molar-refractivity contribution in [2.75, 3.05) is 48.5 Å². The number of carbonyl (C=O) groups excluding carboxylic acids is 2. The van der Waals surface area contributed by atoms with E-state index in [2.05, 4.69) is 0 Å². The summed E-state index contributed by atoms with van der Waals surface area (Å²) in [5, 5.41) is 11.3. The minimum absolute atomic E-state index is 0.0194. The van der Waals surface area contributed by atoms with Crippen molar-refractivity contribution in [3.8, 4) is 17.2 Å². The molecule has 8 heteroatoms. The number of ether oxygens (including phenoxy) is 3. The van der Waals surface area contributed by atoms with Crippen LogP contribution in [-0.4, -0.2) is 75.1 Å². The second-order valence-electron chi connectivity index (χ2n) is 8.44. The topological polar surface area (TPSA) is 88.5 Å². The van der Waals surface area contributed by atoms with Crippen molar-refractivity contribution in [2.24, 2.45) is 0 Å². The number of likely N-dealkylation sites (tertiary alicyclic amines) is 1. The van der Waals surface area contributed by atoms with Gasteiger partial charge < -0.3 is 29.1 Å². The fourth-order valence-electron chi connectivity index (χ4n) is 4.23. The SMILES string of the molecule is COc1ccc(OC)c([C@@H]2/C(=C(\O)c3ccc(OC)c(C)c3)C(=O)C(=O)N2CCCN(C)C)c1. The van der Waals surface area contributed by atoms with Crippen LogP contribution in [0.5, 0.6) is 17.2 Å². The average Bonchev–Trinajstić information content (AvgIpc) is 3.07. The first-order chi connectivity index (χ1) is 16.2. The predicted molar refractivity (Wildman–Crippen MR) is 129 cm³/mol. The van der Waals surface area contributed by atoms with Gasteiger partial charge in [-0.1, -0.05) is 0 Å². The van der Waals surface area contributed by atoms with Crippen LogP contribution in [0.4, 0.5) is 0 Å². The van der Waals surface area contributed by atoms with E-state index in [9.17, 15) is 14.7 Å². The molecule has 1 fully saturated rings. The van der Waals surface area contributed by atoms with Gasteiger partial charge in [-0.2, -0.15) is 0 Å². The number of rotatable bonds is 9. The zero-order valence-electron chi connectivity index (χ0n) is 20.5. The normalized spacial score (nSPS) is 17.4. The molecule has 1 aliphatic heterocycles. The third-order valence-corrected chi connectivity index (χ3v) is 5.94. The number of aliphatic hydroxyl groups excluding tert-OH is 1. The van der Waals surface area contributed by atoms with Crippen molar-refractivity contribution in [3.63, 3.8) is 0 Å². The average molecular weight is 469 g/mol. The van der Waals surface area contributed by atoms with Crippen LogP contribution in [0.15, 0.2) is 42.0 Å². The molecule has 1 aliphatic rings. The van der Waals surface area contributed by atoms with Crippen molar-refractivity contribution in [2.45, 2.75) is 19.4 Å². The molecule has 1 N–H and O–H groups in total. The first kappa shape index (κ1) is 25.1. The number of aryl methyl sites for hydroxylation is 1. The highest BCUT2D eigenvalue weighted by atomic mass is 16.5. The van der Waals surface area contributed by atoms with Crippen LogP contribution in [0.2, 0.25) is 0 Å². The molecule has 1 amide bonds. The van der Waals surface area contributed by atoms with E-state index in [1.807, 2.05) is 25.9 Å². The summed E-state index contributed by atoms with van der Waals surface area (Å²) in [4.78, 5) is 29.9. The highest BCUT2D eigenvalue weighted by Crippen LogP contribution is 2.44. The Kier molecular flexibility index (Phi) is 7.83. The number of methoxy groups -OCH3 is 3. The molecule has 0 bridgehead atoms. The number of aliphatic hydroxyl groups is 1. The largest absolute Gasteiger partial charge is 0.507 e. The van der Waals surface area contributed by atoms with Crippen LogP contribution in [-0.2, 0) is 9.59 Å². The van der Waals surface area contributed by atoms with Gasteiger partial charge in [-0.05, 0) is 75.9 Å². The number of nitrogens with zero attached hydrogens (tertiary/aromatic N) is 2. The Labute approximate surface area is 200 Å². The minimum Gasteiger partial charge on any atom is -0.507 e. The lowest BCUT2D eigenvalue weighted by Gasteiger charge is -2.27. The number of amides is 1. The lowest BCUT2D eigenvalue weighted by molar-refractivity contribution is -0.140. The molecule has 1 heterocycles. The van der Waals surface area contributed by atoms with Gasteiger partial charge >= 0.3 is 0 Å². The molecule has 2 aromatic rings. The summed E-state index contributed by atoms with van der Waals surface area (Å²) in [6, 6.07) is 9.50. The Morgan fingerprint density at radius 1 is 1.00 bits per heavy atom. The van der Waals surface area contributed by atoms with Gasteiger partial charge in [-0.15, -0.1) is 0 Å². The standard InChI is InChI=1S/C26H32N2O6/c1-16-14-17(8-10-20(16)33-5)24(29)22-23(19-15-18(32-4)9-11-21(19)34-6)28(26(31)25(22)30)13-7-12-27(2)3/h8-11,14-15,23,29H,7,12-13H2,1-6H3/b24-22+/t23-/m1/s1. The van der Waals surface area contributed by atoms with E-state index < -0.39 is 17.7 Å². The van der Waals surface area contributed by atoms with Crippen LogP contribution < -0.4 is 14.2 Å². The lowest BCUT2D eigenvalue weighted by Crippen LogP contribution is -2.32. The molecule has 8 nitrogen and oxygen atoms in total. The number of ketones is 1. The highest BCUT2D eigenvalue weighted by molar-refractivity contribution is 6.46. The third kappa shape index (κ3) is 4.87. The Morgan fingerprint density at radius 3 is 2.26 bits per heavy atom. The molecular weight excluding hydrogens is 436 g/mol. The Balaban J connectivity index is 2.20. The summed E-state index contributed by atoms with van der Waals surface area (Å²) < 4.78 is 16.3. The van der Waals surface area contributed by atoms with E-state index in [0.717, 1.165) is 12.1 Å². The first-order valence-corrected chi connectivity index (χ1v) is 11.0. The second kappa shape index (κ2) is 10.6. The Hall–Kier alpha value is -3.52. The number of hydrogen-bond donors (Lipinski definition) is 1. The zero-order valence-corrected chi connectivity index (χ0v) is 20.5. The number of benzene rings is 2. The van der Waals surface area contributed by atoms with Gasteiger partial charge in [0.05, 0.1) is 32.9 Å². The van der Waals surface area contributed by atoms with Gasteiger partial charge in [0.25, 0.3) is 11.7 Å². The Bertz CT molecular complexity index is 1110. The van der Waals surface area contributed by atoms with Crippen molar-refractivity contribution < 1.29 is 28.9 Å². The molecule has 2 aromatic carbocycles. The van der Waals surface area contributed by atoms with Gasteiger partial charge in [-0.25, -0.2) is 0 Å². The van der Waals surface area contributed by atoms with Gasteiger partial charge in [0.2, 0.25) is 0 Å². The first-order valence-electron chi connectivity index (χ1n) is 11.0. The summed E-state index contributed by atoms with van der Waals surface area (Å²) in [5.74, 6) is 0.0731. The molecule has 0 unspecified atom stereocenters. The van der Waals surface area contributed by atoms with Crippen LogP contribution in [0.3, 0.4) is 0 Å². The van der Waals surface area contributed by atoms with Gasteiger partial charge in [-0.3, -0.25) is 9.59 Å². The van der Waals surface area contributed by atoms with Gasteiger partial charge in [0.1, 0.15) is 23.0 Å². The number of carbonyl (C=O) groups is 2. The van der Waals surface area contributed by atoms with Crippen molar-refractivity contribution in [3.05, 3.63) is 58.7 Å². The molecule has 0 spiro atoms. The van der Waals surface area contributed by atoms with E-state index in [-0.39, 0.29) is 11.3 Å². The molecule has 0 aromatic heterocycles. The van der Waals surface area contributed by atoms with E-state index in [0.29, 0.717) is 41.3 Å². The van der Waals surface area contributed by atoms with E-state index in [4.69, 9.17) is 14.2 Å². The van der Waals surface area contributed by atoms with Crippen molar-refractivity contribution >= 4 is 17.4 Å². The monoisotopic (exact) mass is 468 g/mol. The molecular formula is C26H32N2O6. The maximum absolute atomic E-state index is 13.3. The van der Waals surface area contributed by atoms with Crippen LogP contribution >= 0.6 is 0 Å². The maximum atomic E-state index is 13.3. The molecule has 0 aliphatic carbocycles. The molecule has 1 atom stereocenters. The fourth-order valence-corrected chi connectivity index (χ4v) is 4.23. The molecule has 0 radical (unpaired) electrons. The maximum Gasteiger partial charge on any atom is 0.295 e.